The molecule has 0 radical (unpaired) electrons. The van der Waals surface area contributed by atoms with Crippen molar-refractivity contribution in [1.29, 1.82) is 0 Å². The van der Waals surface area contributed by atoms with Crippen LogP contribution < -0.4 is 5.73 Å². The highest BCUT2D eigenvalue weighted by Gasteiger charge is 2.13. The summed E-state index contributed by atoms with van der Waals surface area (Å²) in [4.78, 5) is 7.21. The predicted octanol–water partition coefficient (Wildman–Crippen LogP) is 3.04. The van der Waals surface area contributed by atoms with Crippen molar-refractivity contribution in [2.45, 2.75) is 59.0 Å². The number of hydrogen-bond acceptors (Lipinski definition) is 4. The molecule has 1 aromatic rings. The van der Waals surface area contributed by atoms with E-state index in [-0.39, 0.29) is 0 Å². The smallest absolute Gasteiger partial charge is 0.0941 e. The lowest BCUT2D eigenvalue weighted by atomic mass is 10.2. The van der Waals surface area contributed by atoms with Crippen LogP contribution in [0, 0.1) is 0 Å². The molecule has 1 aromatic heterocycles. The van der Waals surface area contributed by atoms with E-state index in [2.05, 4.69) is 36.0 Å². The van der Waals surface area contributed by atoms with Crippen molar-refractivity contribution in [2.24, 2.45) is 5.73 Å². The summed E-state index contributed by atoms with van der Waals surface area (Å²) in [5.41, 5.74) is 6.77. The van der Waals surface area contributed by atoms with E-state index in [1.807, 2.05) is 0 Å². The van der Waals surface area contributed by atoms with E-state index in [1.54, 1.807) is 11.3 Å². The molecule has 0 amide bonds. The summed E-state index contributed by atoms with van der Waals surface area (Å²) in [5.74, 6) is 0. The zero-order chi connectivity index (χ0) is 13.4. The molecule has 0 saturated carbocycles. The third-order valence-electron chi connectivity index (χ3n) is 3.34. The van der Waals surface area contributed by atoms with Crippen LogP contribution in [0.4, 0.5) is 0 Å². The second-order valence-corrected chi connectivity index (χ2v) is 5.80. The molecule has 1 heterocycles. The van der Waals surface area contributed by atoms with Gasteiger partial charge in [0.1, 0.15) is 0 Å². The first kappa shape index (κ1) is 15.6. The van der Waals surface area contributed by atoms with Gasteiger partial charge >= 0.3 is 0 Å². The Labute approximate surface area is 115 Å². The molecule has 1 rings (SSSR count). The van der Waals surface area contributed by atoms with E-state index in [1.165, 1.54) is 36.5 Å². The van der Waals surface area contributed by atoms with Crippen molar-refractivity contribution in [3.8, 4) is 0 Å². The van der Waals surface area contributed by atoms with Crippen molar-refractivity contribution in [3.05, 3.63) is 16.1 Å². The zero-order valence-corrected chi connectivity index (χ0v) is 12.8. The maximum absolute atomic E-state index is 5.56. The number of rotatable bonds is 9. The van der Waals surface area contributed by atoms with E-state index in [4.69, 9.17) is 5.73 Å². The summed E-state index contributed by atoms with van der Waals surface area (Å²) in [6.45, 7) is 9.66. The lowest BCUT2D eigenvalue weighted by Gasteiger charge is -2.27. The van der Waals surface area contributed by atoms with Gasteiger partial charge in [0.05, 0.1) is 10.7 Å². The minimum absolute atomic E-state index is 0.635. The predicted molar refractivity (Wildman–Crippen MR) is 79.9 cm³/mol. The van der Waals surface area contributed by atoms with Gasteiger partial charge in [-0.1, -0.05) is 20.3 Å². The molecule has 0 aliphatic heterocycles. The van der Waals surface area contributed by atoms with Crippen LogP contribution in [-0.4, -0.2) is 29.0 Å². The highest BCUT2D eigenvalue weighted by atomic mass is 32.1. The largest absolute Gasteiger partial charge is 0.330 e. The average Bonchev–Trinajstić information content (AvgIpc) is 2.81. The van der Waals surface area contributed by atoms with Crippen LogP contribution in [0.1, 0.15) is 50.7 Å². The summed E-state index contributed by atoms with van der Waals surface area (Å²) >= 11 is 1.74. The van der Waals surface area contributed by atoms with Gasteiger partial charge in [-0.05, 0) is 32.9 Å². The Morgan fingerprint density at radius 3 is 2.83 bits per heavy atom. The molecule has 0 spiro atoms. The molecular weight excluding hydrogens is 242 g/mol. The quantitative estimate of drug-likeness (QED) is 0.749. The van der Waals surface area contributed by atoms with Crippen LogP contribution in [-0.2, 0) is 13.0 Å². The van der Waals surface area contributed by atoms with Gasteiger partial charge in [0, 0.05) is 24.4 Å². The van der Waals surface area contributed by atoms with Crippen LogP contribution in [0.25, 0.3) is 0 Å². The first-order chi connectivity index (χ1) is 8.71. The number of thiazole rings is 1. The second-order valence-electron chi connectivity index (χ2n) is 4.85. The highest BCUT2D eigenvalue weighted by molar-refractivity contribution is 7.09. The maximum atomic E-state index is 5.56. The Kier molecular flexibility index (Phi) is 7.47. The number of aromatic nitrogens is 1. The number of nitrogens with two attached hydrogens (primary N) is 1. The molecule has 18 heavy (non-hydrogen) atoms. The lowest BCUT2D eigenvalue weighted by Crippen LogP contribution is -2.33. The third-order valence-corrected chi connectivity index (χ3v) is 4.29. The van der Waals surface area contributed by atoms with Crippen molar-refractivity contribution >= 4 is 11.3 Å². The Morgan fingerprint density at radius 2 is 2.22 bits per heavy atom. The standard InChI is InChI=1S/C14H27N3S/c1-4-6-9-17(12(3)5-2)10-13-11-18-14(16-13)7-8-15/h11-12H,4-10,15H2,1-3H3. The highest BCUT2D eigenvalue weighted by Crippen LogP contribution is 2.15. The molecule has 0 aromatic carbocycles. The molecule has 3 nitrogen and oxygen atoms in total. The molecule has 1 atom stereocenters. The fourth-order valence-corrected chi connectivity index (χ4v) is 2.75. The number of nitrogens with zero attached hydrogens (tertiary/aromatic N) is 2. The summed E-state index contributed by atoms with van der Waals surface area (Å²) in [6, 6.07) is 0.635. The van der Waals surface area contributed by atoms with Crippen LogP contribution in [0.3, 0.4) is 0 Å². The van der Waals surface area contributed by atoms with E-state index in [0.717, 1.165) is 13.0 Å². The molecule has 4 heteroatoms. The van der Waals surface area contributed by atoms with Gasteiger partial charge in [-0.15, -0.1) is 11.3 Å². The van der Waals surface area contributed by atoms with E-state index >= 15 is 0 Å². The maximum Gasteiger partial charge on any atom is 0.0941 e. The van der Waals surface area contributed by atoms with Crippen LogP contribution in [0.2, 0.25) is 0 Å². The molecule has 0 aliphatic carbocycles. The molecule has 2 N–H and O–H groups in total. The minimum Gasteiger partial charge on any atom is -0.330 e. The molecule has 0 aliphatic rings. The van der Waals surface area contributed by atoms with Crippen molar-refractivity contribution in [1.82, 2.24) is 9.88 Å². The van der Waals surface area contributed by atoms with Crippen LogP contribution in [0.15, 0.2) is 5.38 Å². The topological polar surface area (TPSA) is 42.1 Å². The van der Waals surface area contributed by atoms with Gasteiger partial charge in [0.25, 0.3) is 0 Å². The first-order valence-corrected chi connectivity index (χ1v) is 7.96. The first-order valence-electron chi connectivity index (χ1n) is 7.08. The van der Waals surface area contributed by atoms with Gasteiger partial charge in [-0.3, -0.25) is 4.90 Å². The number of hydrogen-bond donors (Lipinski definition) is 1. The van der Waals surface area contributed by atoms with Gasteiger partial charge < -0.3 is 5.73 Å². The Balaban J connectivity index is 2.57. The van der Waals surface area contributed by atoms with E-state index in [0.29, 0.717) is 12.6 Å². The van der Waals surface area contributed by atoms with E-state index < -0.39 is 0 Å². The molecular formula is C14H27N3S. The van der Waals surface area contributed by atoms with Gasteiger partial charge in [-0.2, -0.15) is 0 Å². The van der Waals surface area contributed by atoms with Crippen molar-refractivity contribution in [2.75, 3.05) is 13.1 Å². The van der Waals surface area contributed by atoms with Crippen LogP contribution >= 0.6 is 11.3 Å². The molecule has 0 saturated heterocycles. The summed E-state index contributed by atoms with van der Waals surface area (Å²) in [5, 5.41) is 3.36. The van der Waals surface area contributed by atoms with Crippen LogP contribution in [0.5, 0.6) is 0 Å². The minimum atomic E-state index is 0.635. The zero-order valence-electron chi connectivity index (χ0n) is 12.0. The molecule has 0 bridgehead atoms. The average molecular weight is 269 g/mol. The summed E-state index contributed by atoms with van der Waals surface area (Å²) in [7, 11) is 0. The van der Waals surface area contributed by atoms with E-state index in [9.17, 15) is 0 Å². The molecule has 104 valence electrons. The Bertz CT molecular complexity index is 325. The summed E-state index contributed by atoms with van der Waals surface area (Å²) in [6.07, 6.45) is 4.62. The molecule has 0 fully saturated rings. The number of unbranched alkanes of at least 4 members (excludes halogenated alkanes) is 1. The molecule has 1 unspecified atom stereocenters. The van der Waals surface area contributed by atoms with Gasteiger partial charge in [-0.25, -0.2) is 4.98 Å². The summed E-state index contributed by atoms with van der Waals surface area (Å²) < 4.78 is 0. The third kappa shape index (κ3) is 5.04. The van der Waals surface area contributed by atoms with Gasteiger partial charge in [0.15, 0.2) is 0 Å². The Morgan fingerprint density at radius 1 is 1.44 bits per heavy atom. The fraction of sp³-hybridized carbons (Fsp3) is 0.786. The normalized spacial score (nSPS) is 13.2. The van der Waals surface area contributed by atoms with Crippen molar-refractivity contribution in [3.63, 3.8) is 0 Å². The monoisotopic (exact) mass is 269 g/mol. The van der Waals surface area contributed by atoms with Crippen molar-refractivity contribution < 1.29 is 0 Å². The van der Waals surface area contributed by atoms with Gasteiger partial charge in [0.2, 0.25) is 0 Å². The second kappa shape index (κ2) is 8.62. The Hall–Kier alpha value is -0.450. The SMILES string of the molecule is CCCCN(Cc1csc(CCN)n1)C(C)CC. The fourth-order valence-electron chi connectivity index (χ4n) is 1.94. The lowest BCUT2D eigenvalue weighted by molar-refractivity contribution is 0.190.